The molecule has 1 aliphatic heterocycles. The Balaban J connectivity index is 1.21. The van der Waals surface area contributed by atoms with Crippen molar-refractivity contribution in [3.8, 4) is 28.5 Å². The predicted molar refractivity (Wildman–Crippen MR) is 165 cm³/mol. The number of nitrogens with one attached hydrogen (secondary N) is 3. The van der Waals surface area contributed by atoms with E-state index < -0.39 is 0 Å². The number of benzene rings is 2. The van der Waals surface area contributed by atoms with Crippen LogP contribution in [0.5, 0.6) is 0 Å². The van der Waals surface area contributed by atoms with Crippen molar-refractivity contribution in [3.63, 3.8) is 0 Å². The molecule has 0 unspecified atom stereocenters. The highest BCUT2D eigenvalue weighted by Gasteiger charge is 2.20. The van der Waals surface area contributed by atoms with Gasteiger partial charge in [-0.15, -0.1) is 0 Å². The minimum Gasteiger partial charge on any atom is -0.367 e. The normalized spacial score (nSPS) is 13.9. The summed E-state index contributed by atoms with van der Waals surface area (Å²) >= 11 is 0. The summed E-state index contributed by atoms with van der Waals surface area (Å²) in [6.07, 6.45) is 5.17. The predicted octanol–water partition coefficient (Wildman–Crippen LogP) is 4.78. The summed E-state index contributed by atoms with van der Waals surface area (Å²) in [6.45, 7) is 2.79. The van der Waals surface area contributed by atoms with Gasteiger partial charge in [0.1, 0.15) is 17.4 Å². The van der Waals surface area contributed by atoms with Crippen molar-refractivity contribution in [1.82, 2.24) is 29.7 Å². The molecule has 3 N–H and O–H groups in total. The zero-order chi connectivity index (χ0) is 29.8. The maximum Gasteiger partial charge on any atom is 0.326 e. The molecule has 5 aromatic rings. The number of hydrogen-bond donors (Lipinski definition) is 3. The van der Waals surface area contributed by atoms with Crippen LogP contribution in [0.25, 0.3) is 33.3 Å². The molecule has 3 aromatic heterocycles. The molecule has 1 aliphatic rings. The average Bonchev–Trinajstić information content (AvgIpc) is 3.06. The van der Waals surface area contributed by atoms with Crippen LogP contribution in [0.3, 0.4) is 0 Å². The van der Waals surface area contributed by atoms with Crippen LogP contribution >= 0.6 is 0 Å². The molecule has 43 heavy (non-hydrogen) atoms. The quantitative estimate of drug-likeness (QED) is 0.268. The largest absolute Gasteiger partial charge is 0.367 e. The smallest absolute Gasteiger partial charge is 0.326 e. The van der Waals surface area contributed by atoms with Gasteiger partial charge in [0.2, 0.25) is 5.82 Å². The van der Waals surface area contributed by atoms with Crippen LogP contribution < -0.4 is 16.1 Å². The summed E-state index contributed by atoms with van der Waals surface area (Å²) in [7, 11) is 1.55. The van der Waals surface area contributed by atoms with E-state index in [1.807, 2.05) is 42.5 Å². The fraction of sp³-hybridized carbons (Fsp3) is 0.212. The lowest BCUT2D eigenvalue weighted by Crippen LogP contribution is -2.38. The van der Waals surface area contributed by atoms with E-state index >= 15 is 0 Å². The van der Waals surface area contributed by atoms with Crippen molar-refractivity contribution >= 4 is 22.8 Å². The van der Waals surface area contributed by atoms with E-state index in [2.05, 4.69) is 49.8 Å². The summed E-state index contributed by atoms with van der Waals surface area (Å²) in [4.78, 5) is 27.9. The van der Waals surface area contributed by atoms with Gasteiger partial charge in [-0.05, 0) is 42.2 Å². The van der Waals surface area contributed by atoms with Crippen LogP contribution in [-0.2, 0) is 6.54 Å². The second-order valence-corrected chi connectivity index (χ2v) is 10.5. The number of nitrogens with zero attached hydrogens (tertiary/aromatic N) is 6. The Kier molecular flexibility index (Phi) is 7.89. The first kappa shape index (κ1) is 27.8. The number of piperidine rings is 1. The van der Waals surface area contributed by atoms with Crippen molar-refractivity contribution in [3.05, 3.63) is 102 Å². The number of aromatic nitrogens is 4. The molecule has 0 atom stereocenters. The average molecular weight is 570 g/mol. The first-order valence-corrected chi connectivity index (χ1v) is 14.2. The highest BCUT2D eigenvalue weighted by Crippen LogP contribution is 2.33. The zero-order valence-electron chi connectivity index (χ0n) is 23.8. The third kappa shape index (κ3) is 5.98. The second kappa shape index (κ2) is 12.2. The second-order valence-electron chi connectivity index (χ2n) is 10.5. The molecule has 1 saturated heterocycles. The topological polar surface area (TPSA) is 136 Å². The molecule has 10 heteroatoms. The Labute approximate surface area is 249 Å². The van der Waals surface area contributed by atoms with Crippen LogP contribution in [0, 0.1) is 16.7 Å². The van der Waals surface area contributed by atoms with Gasteiger partial charge in [0.15, 0.2) is 0 Å². The molecule has 0 saturated carbocycles. The van der Waals surface area contributed by atoms with Crippen LogP contribution in [0.15, 0.2) is 85.2 Å². The maximum atomic E-state index is 12.3. The van der Waals surface area contributed by atoms with E-state index in [9.17, 15) is 4.79 Å². The maximum absolute atomic E-state index is 12.3. The van der Waals surface area contributed by atoms with Crippen LogP contribution in [0.1, 0.15) is 24.2 Å². The fourth-order valence-electron chi connectivity index (χ4n) is 5.50. The summed E-state index contributed by atoms with van der Waals surface area (Å²) in [5.74, 6) is 0.873. The lowest BCUT2D eigenvalue weighted by Gasteiger charge is -2.32. The Morgan fingerprint density at radius 3 is 2.51 bits per heavy atom. The molecule has 4 heterocycles. The fourth-order valence-corrected chi connectivity index (χ4v) is 5.50. The number of nitriles is 1. The van der Waals surface area contributed by atoms with Gasteiger partial charge in [0.05, 0.1) is 11.2 Å². The number of hydrogen-bond acceptors (Lipinski definition) is 8. The van der Waals surface area contributed by atoms with E-state index in [1.54, 1.807) is 31.6 Å². The molecule has 6 rings (SSSR count). The van der Waals surface area contributed by atoms with Gasteiger partial charge >= 0.3 is 6.03 Å². The standard InChI is InChI=1S/C33H31N9O/c1-36-33(43)42-18-14-28-27(32(42)35)19-26(23-5-3-2-4-6-23)31(39-28)24-9-7-22(8-10-24)21-41-16-12-25(13-17-41)38-29-11-15-37-30(20-34)40-29/h2-11,14-15,18-19,25,35H,12-13,16-17,21H2,1H3,(H,36,43)(H,37,38,40). The Morgan fingerprint density at radius 2 is 1.79 bits per heavy atom. The molecule has 1 fully saturated rings. The van der Waals surface area contributed by atoms with Crippen molar-refractivity contribution in [2.45, 2.75) is 25.4 Å². The number of likely N-dealkylation sites (tertiary alicyclic amines) is 1. The lowest BCUT2D eigenvalue weighted by atomic mass is 9.97. The molecular weight excluding hydrogens is 538 g/mol. The molecule has 2 aromatic carbocycles. The minimum absolute atomic E-state index is 0.0892. The summed E-state index contributed by atoms with van der Waals surface area (Å²) in [5.41, 5.74) is 5.70. The van der Waals surface area contributed by atoms with Crippen molar-refractivity contribution < 1.29 is 4.79 Å². The number of rotatable bonds is 6. The SMILES string of the molecule is CNC(=O)n1ccc2nc(-c3ccc(CN4CCC(Nc5ccnc(C#N)n5)CC4)cc3)c(-c3ccccc3)cc2c1=N. The third-order valence-corrected chi connectivity index (χ3v) is 7.78. The highest BCUT2D eigenvalue weighted by molar-refractivity contribution is 5.92. The van der Waals surface area contributed by atoms with Gasteiger partial charge in [-0.25, -0.2) is 19.7 Å². The Bertz CT molecular complexity index is 1870. The molecule has 214 valence electrons. The molecular formula is C33H31N9O. The van der Waals surface area contributed by atoms with Crippen molar-refractivity contribution in [2.75, 3.05) is 25.5 Å². The molecule has 0 radical (unpaired) electrons. The monoisotopic (exact) mass is 569 g/mol. The summed E-state index contributed by atoms with van der Waals surface area (Å²) < 4.78 is 1.28. The number of carbonyl (C=O) groups excluding carboxylic acids is 1. The molecule has 0 spiro atoms. The zero-order valence-corrected chi connectivity index (χ0v) is 23.8. The first-order chi connectivity index (χ1) is 21.0. The van der Waals surface area contributed by atoms with Gasteiger partial charge in [-0.2, -0.15) is 5.26 Å². The Morgan fingerprint density at radius 1 is 1.02 bits per heavy atom. The van der Waals surface area contributed by atoms with Gasteiger partial charge in [-0.1, -0.05) is 54.6 Å². The molecule has 1 amide bonds. The number of pyridine rings is 2. The van der Waals surface area contributed by atoms with E-state index in [0.717, 1.165) is 54.9 Å². The highest BCUT2D eigenvalue weighted by atomic mass is 16.2. The molecule has 10 nitrogen and oxygen atoms in total. The van der Waals surface area contributed by atoms with Crippen LogP contribution in [-0.4, -0.2) is 56.6 Å². The number of fused-ring (bicyclic) bond motifs is 1. The summed E-state index contributed by atoms with van der Waals surface area (Å²) in [6, 6.07) is 26.0. The van der Waals surface area contributed by atoms with Gasteiger partial charge in [-0.3, -0.25) is 14.9 Å². The number of amides is 1. The van der Waals surface area contributed by atoms with Crippen molar-refractivity contribution in [1.29, 1.82) is 10.7 Å². The van der Waals surface area contributed by atoms with E-state index in [1.165, 1.54) is 10.1 Å². The summed E-state index contributed by atoms with van der Waals surface area (Å²) in [5, 5.41) is 24.4. The lowest BCUT2D eigenvalue weighted by molar-refractivity contribution is 0.211. The number of carbonyl (C=O) groups is 1. The Hall–Kier alpha value is -5.40. The molecule has 0 bridgehead atoms. The van der Waals surface area contributed by atoms with Gasteiger partial charge in [0, 0.05) is 61.6 Å². The first-order valence-electron chi connectivity index (χ1n) is 14.2. The van der Waals surface area contributed by atoms with Gasteiger partial charge in [0.25, 0.3) is 0 Å². The van der Waals surface area contributed by atoms with Crippen LogP contribution in [0.4, 0.5) is 10.6 Å². The van der Waals surface area contributed by atoms with Crippen LogP contribution in [0.2, 0.25) is 0 Å². The molecule has 0 aliphatic carbocycles. The minimum atomic E-state index is -0.367. The van der Waals surface area contributed by atoms with Crippen molar-refractivity contribution in [2.24, 2.45) is 0 Å². The third-order valence-electron chi connectivity index (χ3n) is 7.78. The van der Waals surface area contributed by atoms with E-state index in [0.29, 0.717) is 22.8 Å². The van der Waals surface area contributed by atoms with Gasteiger partial charge < -0.3 is 10.6 Å². The van der Waals surface area contributed by atoms with E-state index in [4.69, 9.17) is 15.7 Å². The number of anilines is 1. The van der Waals surface area contributed by atoms with E-state index in [-0.39, 0.29) is 17.3 Å².